The van der Waals surface area contributed by atoms with Crippen molar-refractivity contribution in [2.75, 3.05) is 35.7 Å². The molecule has 2 aliphatic rings. The summed E-state index contributed by atoms with van der Waals surface area (Å²) in [6.45, 7) is 6.04. The quantitative estimate of drug-likeness (QED) is 0.838. The zero-order valence-corrected chi connectivity index (χ0v) is 13.3. The molecule has 0 amide bonds. The summed E-state index contributed by atoms with van der Waals surface area (Å²) < 4.78 is 0. The Morgan fingerprint density at radius 2 is 1.81 bits per heavy atom. The first-order valence-electron chi connectivity index (χ1n) is 8.18. The molecule has 1 heterocycles. The molecule has 2 bridgehead atoms. The summed E-state index contributed by atoms with van der Waals surface area (Å²) in [5, 5.41) is 6.60. The molecule has 1 aromatic heterocycles. The van der Waals surface area contributed by atoms with E-state index in [1.54, 1.807) is 0 Å². The van der Waals surface area contributed by atoms with Gasteiger partial charge in [-0.3, -0.25) is 0 Å². The molecule has 3 rings (SSSR count). The molecule has 3 atom stereocenters. The second kappa shape index (κ2) is 6.03. The minimum absolute atomic E-state index is 0.542. The van der Waals surface area contributed by atoms with Crippen molar-refractivity contribution >= 4 is 17.8 Å². The normalized spacial score (nSPS) is 26.9. The van der Waals surface area contributed by atoms with Gasteiger partial charge in [0.25, 0.3) is 0 Å². The standard InChI is InChI=1S/C15H26N6/c1-4-21(5-2)15-19-13(16-3)18-14(20-15)17-12-9-10-6-7-11(12)8-10/h10-12H,4-9H2,1-3H3,(H2,16,17,18,19,20). The average Bonchev–Trinajstić information content (AvgIpc) is 3.11. The highest BCUT2D eigenvalue weighted by Gasteiger charge is 2.39. The van der Waals surface area contributed by atoms with Gasteiger partial charge in [-0.05, 0) is 44.9 Å². The summed E-state index contributed by atoms with van der Waals surface area (Å²) in [7, 11) is 1.85. The first kappa shape index (κ1) is 14.4. The third-order valence-corrected chi connectivity index (χ3v) is 4.95. The minimum atomic E-state index is 0.542. The van der Waals surface area contributed by atoms with Gasteiger partial charge in [-0.1, -0.05) is 6.42 Å². The molecule has 0 spiro atoms. The van der Waals surface area contributed by atoms with E-state index in [1.807, 2.05) is 7.05 Å². The molecule has 6 nitrogen and oxygen atoms in total. The molecule has 3 unspecified atom stereocenters. The van der Waals surface area contributed by atoms with Gasteiger partial charge in [-0.25, -0.2) is 0 Å². The Hall–Kier alpha value is -1.59. The molecule has 1 aromatic rings. The maximum Gasteiger partial charge on any atom is 0.231 e. The fraction of sp³-hybridized carbons (Fsp3) is 0.800. The Labute approximate surface area is 126 Å². The second-order valence-corrected chi connectivity index (χ2v) is 6.13. The van der Waals surface area contributed by atoms with E-state index >= 15 is 0 Å². The van der Waals surface area contributed by atoms with Gasteiger partial charge in [0.05, 0.1) is 0 Å². The van der Waals surface area contributed by atoms with Crippen molar-refractivity contribution in [1.82, 2.24) is 15.0 Å². The van der Waals surface area contributed by atoms with Crippen LogP contribution in [0.15, 0.2) is 0 Å². The first-order valence-corrected chi connectivity index (χ1v) is 8.18. The lowest BCUT2D eigenvalue weighted by molar-refractivity contribution is 0.438. The zero-order valence-electron chi connectivity index (χ0n) is 13.3. The molecular weight excluding hydrogens is 264 g/mol. The monoisotopic (exact) mass is 290 g/mol. The van der Waals surface area contributed by atoms with Gasteiger partial charge in [-0.2, -0.15) is 15.0 Å². The summed E-state index contributed by atoms with van der Waals surface area (Å²) in [5.41, 5.74) is 0. The van der Waals surface area contributed by atoms with E-state index in [4.69, 9.17) is 0 Å². The van der Waals surface area contributed by atoms with E-state index in [-0.39, 0.29) is 0 Å². The lowest BCUT2D eigenvalue weighted by Gasteiger charge is -2.24. The molecule has 0 saturated heterocycles. The summed E-state index contributed by atoms with van der Waals surface area (Å²) in [6.07, 6.45) is 5.41. The number of anilines is 3. The summed E-state index contributed by atoms with van der Waals surface area (Å²) in [4.78, 5) is 15.7. The van der Waals surface area contributed by atoms with Crippen LogP contribution < -0.4 is 15.5 Å². The van der Waals surface area contributed by atoms with E-state index in [1.165, 1.54) is 25.7 Å². The Morgan fingerprint density at radius 3 is 2.38 bits per heavy atom. The van der Waals surface area contributed by atoms with Gasteiger partial charge in [0.2, 0.25) is 17.8 Å². The van der Waals surface area contributed by atoms with Crippen LogP contribution in [0.2, 0.25) is 0 Å². The largest absolute Gasteiger partial charge is 0.357 e. The van der Waals surface area contributed by atoms with E-state index in [9.17, 15) is 0 Å². The van der Waals surface area contributed by atoms with Crippen LogP contribution in [0, 0.1) is 11.8 Å². The molecule has 0 radical (unpaired) electrons. The number of nitrogens with zero attached hydrogens (tertiary/aromatic N) is 4. The van der Waals surface area contributed by atoms with Crippen molar-refractivity contribution in [2.24, 2.45) is 11.8 Å². The van der Waals surface area contributed by atoms with Crippen LogP contribution in [0.5, 0.6) is 0 Å². The van der Waals surface area contributed by atoms with Gasteiger partial charge in [-0.15, -0.1) is 0 Å². The molecule has 0 aromatic carbocycles. The Kier molecular flexibility index (Phi) is 4.12. The average molecular weight is 290 g/mol. The highest BCUT2D eigenvalue weighted by molar-refractivity contribution is 5.44. The Bertz CT molecular complexity index is 487. The SMILES string of the molecule is CCN(CC)c1nc(NC)nc(NC2CC3CCC2C3)n1. The number of fused-ring (bicyclic) bond motifs is 2. The molecular formula is C15H26N6. The molecule has 6 heteroatoms. The van der Waals surface area contributed by atoms with Crippen LogP contribution in [-0.4, -0.2) is 41.1 Å². The number of aromatic nitrogens is 3. The van der Waals surface area contributed by atoms with E-state index in [0.29, 0.717) is 17.9 Å². The van der Waals surface area contributed by atoms with Crippen LogP contribution >= 0.6 is 0 Å². The molecule has 2 N–H and O–H groups in total. The van der Waals surface area contributed by atoms with Crippen LogP contribution in [0.1, 0.15) is 39.5 Å². The predicted molar refractivity (Wildman–Crippen MR) is 85.8 cm³/mol. The van der Waals surface area contributed by atoms with Gasteiger partial charge >= 0.3 is 0 Å². The van der Waals surface area contributed by atoms with Gasteiger partial charge in [0.15, 0.2) is 0 Å². The minimum Gasteiger partial charge on any atom is -0.357 e. The predicted octanol–water partition coefficient (Wildman–Crippen LogP) is 2.36. The van der Waals surface area contributed by atoms with Crippen LogP contribution in [-0.2, 0) is 0 Å². The third-order valence-electron chi connectivity index (χ3n) is 4.95. The molecule has 2 fully saturated rings. The van der Waals surface area contributed by atoms with Crippen LogP contribution in [0.25, 0.3) is 0 Å². The molecule has 0 aliphatic heterocycles. The van der Waals surface area contributed by atoms with Crippen molar-refractivity contribution in [3.8, 4) is 0 Å². The summed E-state index contributed by atoms with van der Waals surface area (Å²) >= 11 is 0. The van der Waals surface area contributed by atoms with Crippen LogP contribution in [0.4, 0.5) is 17.8 Å². The lowest BCUT2D eigenvalue weighted by atomic mass is 9.95. The third kappa shape index (κ3) is 2.89. The number of rotatable bonds is 6. The van der Waals surface area contributed by atoms with Crippen molar-refractivity contribution in [1.29, 1.82) is 0 Å². The number of hydrogen-bond acceptors (Lipinski definition) is 6. The van der Waals surface area contributed by atoms with Gasteiger partial charge in [0.1, 0.15) is 0 Å². The fourth-order valence-electron chi connectivity index (χ4n) is 3.78. The highest BCUT2D eigenvalue weighted by atomic mass is 15.3. The molecule has 116 valence electrons. The van der Waals surface area contributed by atoms with Crippen molar-refractivity contribution in [2.45, 2.75) is 45.6 Å². The van der Waals surface area contributed by atoms with Crippen LogP contribution in [0.3, 0.4) is 0 Å². The number of nitrogens with one attached hydrogen (secondary N) is 2. The maximum absolute atomic E-state index is 4.62. The summed E-state index contributed by atoms with van der Waals surface area (Å²) in [6, 6.07) is 0.542. The van der Waals surface area contributed by atoms with E-state index in [2.05, 4.69) is 44.3 Å². The van der Waals surface area contributed by atoms with Gasteiger partial charge in [0, 0.05) is 26.2 Å². The lowest BCUT2D eigenvalue weighted by Crippen LogP contribution is -2.29. The highest BCUT2D eigenvalue weighted by Crippen LogP contribution is 2.45. The van der Waals surface area contributed by atoms with Crippen molar-refractivity contribution < 1.29 is 0 Å². The van der Waals surface area contributed by atoms with Crippen molar-refractivity contribution in [3.05, 3.63) is 0 Å². The van der Waals surface area contributed by atoms with E-state index < -0.39 is 0 Å². The maximum atomic E-state index is 4.62. The summed E-state index contributed by atoms with van der Waals surface area (Å²) in [5.74, 6) is 3.83. The topological polar surface area (TPSA) is 66.0 Å². The molecule has 2 aliphatic carbocycles. The first-order chi connectivity index (χ1) is 10.2. The zero-order chi connectivity index (χ0) is 14.8. The Balaban J connectivity index is 1.79. The Morgan fingerprint density at radius 1 is 1.05 bits per heavy atom. The fourth-order valence-corrected chi connectivity index (χ4v) is 3.78. The smallest absolute Gasteiger partial charge is 0.231 e. The molecule has 21 heavy (non-hydrogen) atoms. The van der Waals surface area contributed by atoms with Crippen molar-refractivity contribution in [3.63, 3.8) is 0 Å². The van der Waals surface area contributed by atoms with Gasteiger partial charge < -0.3 is 15.5 Å². The van der Waals surface area contributed by atoms with E-state index in [0.717, 1.165) is 30.9 Å². The number of hydrogen-bond donors (Lipinski definition) is 2. The molecule has 2 saturated carbocycles. The second-order valence-electron chi connectivity index (χ2n) is 6.13.